The lowest BCUT2D eigenvalue weighted by atomic mass is 10.2. The zero-order valence-electron chi connectivity index (χ0n) is 12.9. The maximum atomic E-state index is 12.2. The monoisotopic (exact) mass is 350 g/mol. The van der Waals surface area contributed by atoms with Crippen molar-refractivity contribution in [1.29, 1.82) is 0 Å². The third-order valence-corrected chi connectivity index (χ3v) is 5.04. The first-order valence-corrected chi connectivity index (χ1v) is 9.05. The van der Waals surface area contributed by atoms with Crippen molar-refractivity contribution in [1.82, 2.24) is 9.88 Å². The van der Waals surface area contributed by atoms with Crippen LogP contribution in [0.25, 0.3) is 0 Å². The van der Waals surface area contributed by atoms with Crippen LogP contribution in [0.15, 0.2) is 39.8 Å². The molecule has 1 heterocycles. The van der Waals surface area contributed by atoms with Crippen molar-refractivity contribution in [3.05, 3.63) is 41.8 Å². The summed E-state index contributed by atoms with van der Waals surface area (Å²) in [7, 11) is -3.66. The van der Waals surface area contributed by atoms with Crippen molar-refractivity contribution < 1.29 is 17.7 Å². The second kappa shape index (κ2) is 6.71. The van der Waals surface area contributed by atoms with Gasteiger partial charge in [-0.3, -0.25) is 4.79 Å². The first-order chi connectivity index (χ1) is 11.5. The van der Waals surface area contributed by atoms with Gasteiger partial charge in [0.2, 0.25) is 10.0 Å². The van der Waals surface area contributed by atoms with E-state index in [1.54, 1.807) is 18.2 Å². The Morgan fingerprint density at radius 3 is 2.83 bits per heavy atom. The smallest absolute Gasteiger partial charge is 0.277 e. The van der Waals surface area contributed by atoms with E-state index in [9.17, 15) is 13.2 Å². The Labute approximate surface area is 139 Å². The summed E-state index contributed by atoms with van der Waals surface area (Å²) in [5.41, 5.74) is 5.83. The number of nitrogens with one attached hydrogen (secondary N) is 2. The SMILES string of the molecule is NCCNS(=O)(=O)c1cccc(NC(=O)c2cc(C3CC3)on2)c1. The van der Waals surface area contributed by atoms with E-state index in [-0.39, 0.29) is 23.7 Å². The van der Waals surface area contributed by atoms with Crippen LogP contribution in [0.5, 0.6) is 0 Å². The Bertz CT molecular complexity index is 843. The number of carbonyl (C=O) groups excluding carboxylic acids is 1. The minimum Gasteiger partial charge on any atom is -0.360 e. The molecule has 0 aliphatic heterocycles. The van der Waals surface area contributed by atoms with Gasteiger partial charge in [0.1, 0.15) is 5.76 Å². The molecule has 8 nitrogen and oxygen atoms in total. The fraction of sp³-hybridized carbons (Fsp3) is 0.333. The average molecular weight is 350 g/mol. The second-order valence-corrected chi connectivity index (χ2v) is 7.32. The molecule has 1 aromatic carbocycles. The molecule has 0 atom stereocenters. The lowest BCUT2D eigenvalue weighted by molar-refractivity contribution is 0.101. The van der Waals surface area contributed by atoms with Crippen LogP contribution >= 0.6 is 0 Å². The number of benzene rings is 1. The maximum Gasteiger partial charge on any atom is 0.277 e. The summed E-state index contributed by atoms with van der Waals surface area (Å²) < 4.78 is 31.7. The number of anilines is 1. The molecule has 9 heteroatoms. The summed E-state index contributed by atoms with van der Waals surface area (Å²) in [5.74, 6) is 0.624. The summed E-state index contributed by atoms with van der Waals surface area (Å²) in [5, 5.41) is 6.37. The topological polar surface area (TPSA) is 127 Å². The molecule has 0 radical (unpaired) electrons. The van der Waals surface area contributed by atoms with Gasteiger partial charge in [-0.15, -0.1) is 0 Å². The molecular formula is C15H18N4O4S. The van der Waals surface area contributed by atoms with Crippen molar-refractivity contribution in [3.8, 4) is 0 Å². The van der Waals surface area contributed by atoms with E-state index in [1.165, 1.54) is 12.1 Å². The first-order valence-electron chi connectivity index (χ1n) is 7.57. The number of nitrogens with zero attached hydrogens (tertiary/aromatic N) is 1. The van der Waals surface area contributed by atoms with Crippen molar-refractivity contribution in [2.75, 3.05) is 18.4 Å². The molecule has 128 valence electrons. The molecule has 24 heavy (non-hydrogen) atoms. The third kappa shape index (κ3) is 3.81. The highest BCUT2D eigenvalue weighted by Crippen LogP contribution is 2.40. The number of hydrogen-bond donors (Lipinski definition) is 3. The number of hydrogen-bond acceptors (Lipinski definition) is 6. The van der Waals surface area contributed by atoms with Crippen molar-refractivity contribution in [3.63, 3.8) is 0 Å². The minimum atomic E-state index is -3.66. The highest BCUT2D eigenvalue weighted by molar-refractivity contribution is 7.89. The van der Waals surface area contributed by atoms with Gasteiger partial charge in [0.25, 0.3) is 5.91 Å². The predicted octanol–water partition coefficient (Wildman–Crippen LogP) is 1.04. The fourth-order valence-corrected chi connectivity index (χ4v) is 3.26. The Kier molecular flexibility index (Phi) is 4.65. The molecule has 0 unspecified atom stereocenters. The van der Waals surface area contributed by atoms with Crippen LogP contribution in [0.1, 0.15) is 35.0 Å². The number of rotatable bonds is 7. The molecule has 0 spiro atoms. The van der Waals surface area contributed by atoms with E-state index in [0.717, 1.165) is 12.8 Å². The van der Waals surface area contributed by atoms with Gasteiger partial charge < -0.3 is 15.6 Å². The molecule has 1 fully saturated rings. The fourth-order valence-electron chi connectivity index (χ4n) is 2.17. The first kappa shape index (κ1) is 16.6. The van der Waals surface area contributed by atoms with Gasteiger partial charge in [0, 0.05) is 30.8 Å². The van der Waals surface area contributed by atoms with Crippen LogP contribution in [-0.2, 0) is 10.0 Å². The third-order valence-electron chi connectivity index (χ3n) is 3.58. The van der Waals surface area contributed by atoms with E-state index >= 15 is 0 Å². The Morgan fingerprint density at radius 2 is 2.12 bits per heavy atom. The maximum absolute atomic E-state index is 12.2. The Balaban J connectivity index is 1.72. The zero-order chi connectivity index (χ0) is 17.2. The second-order valence-electron chi connectivity index (χ2n) is 5.56. The van der Waals surface area contributed by atoms with Gasteiger partial charge in [0.15, 0.2) is 5.69 Å². The minimum absolute atomic E-state index is 0.0487. The van der Waals surface area contributed by atoms with Gasteiger partial charge in [0.05, 0.1) is 4.90 Å². The summed E-state index contributed by atoms with van der Waals surface area (Å²) in [6, 6.07) is 7.58. The van der Waals surface area contributed by atoms with Crippen molar-refractivity contribution >= 4 is 21.6 Å². The Morgan fingerprint density at radius 1 is 1.33 bits per heavy atom. The summed E-state index contributed by atoms with van der Waals surface area (Å²) in [6.45, 7) is 0.340. The number of nitrogens with two attached hydrogens (primary N) is 1. The lowest BCUT2D eigenvalue weighted by Crippen LogP contribution is -2.29. The van der Waals surface area contributed by atoms with Gasteiger partial charge >= 0.3 is 0 Å². The summed E-state index contributed by atoms with van der Waals surface area (Å²) in [6.07, 6.45) is 2.10. The van der Waals surface area contributed by atoms with Gasteiger partial charge in [-0.2, -0.15) is 0 Å². The number of amides is 1. The van der Waals surface area contributed by atoms with Gasteiger partial charge in [-0.25, -0.2) is 13.1 Å². The highest BCUT2D eigenvalue weighted by atomic mass is 32.2. The van der Waals surface area contributed by atoms with Crippen molar-refractivity contribution in [2.24, 2.45) is 5.73 Å². The van der Waals surface area contributed by atoms with E-state index in [0.29, 0.717) is 17.4 Å². The number of sulfonamides is 1. The Hall–Kier alpha value is -2.23. The van der Waals surface area contributed by atoms with E-state index in [2.05, 4.69) is 15.2 Å². The molecular weight excluding hydrogens is 332 g/mol. The van der Waals surface area contributed by atoms with Crippen LogP contribution in [0.2, 0.25) is 0 Å². The molecule has 1 aliphatic rings. The quantitative estimate of drug-likeness (QED) is 0.685. The molecule has 4 N–H and O–H groups in total. The van der Waals surface area contributed by atoms with Crippen LogP contribution in [0, 0.1) is 0 Å². The van der Waals surface area contributed by atoms with Gasteiger partial charge in [-0.05, 0) is 31.0 Å². The average Bonchev–Trinajstić information content (AvgIpc) is 3.30. The molecule has 1 aliphatic carbocycles. The summed E-state index contributed by atoms with van der Waals surface area (Å²) in [4.78, 5) is 12.2. The standard InChI is InChI=1S/C15H18N4O4S/c16-6-7-17-24(21,22)12-3-1-2-11(8-12)18-15(20)13-9-14(23-19-13)10-4-5-10/h1-3,8-10,17H,4-7,16H2,(H,18,20). The lowest BCUT2D eigenvalue weighted by Gasteiger charge is -2.08. The number of aromatic nitrogens is 1. The molecule has 2 aromatic rings. The van der Waals surface area contributed by atoms with E-state index in [4.69, 9.17) is 10.3 Å². The van der Waals surface area contributed by atoms with Gasteiger partial charge in [-0.1, -0.05) is 11.2 Å². The largest absolute Gasteiger partial charge is 0.360 e. The zero-order valence-corrected chi connectivity index (χ0v) is 13.7. The predicted molar refractivity (Wildman–Crippen MR) is 87.1 cm³/mol. The van der Waals surface area contributed by atoms with Crippen LogP contribution < -0.4 is 15.8 Å². The molecule has 1 amide bonds. The normalized spacial score (nSPS) is 14.5. The van der Waals surface area contributed by atoms with Crippen LogP contribution in [0.4, 0.5) is 5.69 Å². The molecule has 0 saturated heterocycles. The summed E-state index contributed by atoms with van der Waals surface area (Å²) >= 11 is 0. The molecule has 1 aromatic heterocycles. The molecule has 1 saturated carbocycles. The van der Waals surface area contributed by atoms with E-state index in [1.807, 2.05) is 0 Å². The number of carbonyl (C=O) groups is 1. The molecule has 0 bridgehead atoms. The molecule has 3 rings (SSSR count). The highest BCUT2D eigenvalue weighted by Gasteiger charge is 2.29. The van der Waals surface area contributed by atoms with Crippen LogP contribution in [-0.4, -0.2) is 32.6 Å². The van der Waals surface area contributed by atoms with Crippen LogP contribution in [0.3, 0.4) is 0 Å². The van der Waals surface area contributed by atoms with Crippen molar-refractivity contribution in [2.45, 2.75) is 23.7 Å². The van der Waals surface area contributed by atoms with E-state index < -0.39 is 15.9 Å².